The first kappa shape index (κ1) is 14.4. The van der Waals surface area contributed by atoms with Crippen molar-refractivity contribution in [2.45, 2.75) is 6.92 Å². The highest BCUT2D eigenvalue weighted by Crippen LogP contribution is 2.45. The van der Waals surface area contributed by atoms with Gasteiger partial charge in [-0.2, -0.15) is 0 Å². The number of ether oxygens (including phenoxy) is 2. The molecule has 1 aromatic carbocycles. The normalized spacial score (nSPS) is 10.7. The van der Waals surface area contributed by atoms with Crippen molar-refractivity contribution in [3.05, 3.63) is 28.8 Å². The Bertz CT molecular complexity index is 810. The molecule has 7 heteroatoms. The largest absolute Gasteiger partial charge is 0.504 e. The molecule has 0 fully saturated rings. The molecular weight excluding hydrogens is 304 g/mol. The maximum absolute atomic E-state index is 10.4. The molecule has 3 rings (SSSR count). The van der Waals surface area contributed by atoms with Gasteiger partial charge in [0.05, 0.1) is 36.0 Å². The summed E-state index contributed by atoms with van der Waals surface area (Å²) in [5.41, 5.74) is 2.47. The zero-order chi connectivity index (χ0) is 15.7. The van der Waals surface area contributed by atoms with E-state index in [2.05, 4.69) is 10.1 Å². The van der Waals surface area contributed by atoms with E-state index in [4.69, 9.17) is 14.0 Å². The molecule has 0 aliphatic carbocycles. The van der Waals surface area contributed by atoms with Gasteiger partial charge in [-0.25, -0.2) is 4.98 Å². The van der Waals surface area contributed by atoms with Crippen LogP contribution in [0, 0.1) is 6.92 Å². The maximum atomic E-state index is 10.4. The van der Waals surface area contributed by atoms with Gasteiger partial charge in [0.1, 0.15) is 12.0 Å². The van der Waals surface area contributed by atoms with E-state index in [-0.39, 0.29) is 11.5 Å². The van der Waals surface area contributed by atoms with Crippen LogP contribution in [-0.2, 0) is 0 Å². The van der Waals surface area contributed by atoms with Gasteiger partial charge in [0.2, 0.25) is 5.75 Å². The van der Waals surface area contributed by atoms with Crippen LogP contribution < -0.4 is 9.47 Å². The molecule has 2 aromatic heterocycles. The first-order chi connectivity index (χ1) is 10.7. The van der Waals surface area contributed by atoms with Gasteiger partial charge in [-0.1, -0.05) is 5.16 Å². The summed E-state index contributed by atoms with van der Waals surface area (Å²) in [5.74, 6) is 0.644. The Morgan fingerprint density at radius 2 is 2.00 bits per heavy atom. The maximum Gasteiger partial charge on any atom is 0.203 e. The molecule has 0 saturated heterocycles. The second-order valence-electron chi connectivity index (χ2n) is 4.53. The van der Waals surface area contributed by atoms with Crippen LogP contribution in [0.5, 0.6) is 17.2 Å². The molecule has 0 radical (unpaired) electrons. The Balaban J connectivity index is 2.15. The van der Waals surface area contributed by atoms with Crippen LogP contribution in [-0.4, -0.2) is 29.5 Å². The zero-order valence-electron chi connectivity index (χ0n) is 12.3. The lowest BCUT2D eigenvalue weighted by molar-refractivity contribution is 0.333. The molecular formula is C15H14N2O4S. The van der Waals surface area contributed by atoms with Crippen molar-refractivity contribution in [1.82, 2.24) is 10.1 Å². The van der Waals surface area contributed by atoms with Crippen LogP contribution in [0.1, 0.15) is 5.01 Å². The number of hydrogen-bond acceptors (Lipinski definition) is 7. The van der Waals surface area contributed by atoms with Gasteiger partial charge in [-0.15, -0.1) is 11.3 Å². The van der Waals surface area contributed by atoms with Crippen molar-refractivity contribution in [3.63, 3.8) is 0 Å². The molecule has 0 unspecified atom stereocenters. The first-order valence-electron chi connectivity index (χ1n) is 6.47. The van der Waals surface area contributed by atoms with Crippen LogP contribution in [0.25, 0.3) is 22.5 Å². The van der Waals surface area contributed by atoms with Crippen molar-refractivity contribution in [2.75, 3.05) is 14.2 Å². The average molecular weight is 318 g/mol. The number of aromatic hydroxyl groups is 1. The van der Waals surface area contributed by atoms with Gasteiger partial charge in [-0.05, 0) is 19.1 Å². The van der Waals surface area contributed by atoms with Crippen LogP contribution in [0.15, 0.2) is 28.3 Å². The molecule has 1 N–H and O–H groups in total. The van der Waals surface area contributed by atoms with Crippen LogP contribution >= 0.6 is 11.3 Å². The summed E-state index contributed by atoms with van der Waals surface area (Å²) in [6.07, 6.45) is 1.51. The number of phenolic OH excluding ortho intramolecular Hbond substituents is 1. The highest BCUT2D eigenvalue weighted by Gasteiger charge is 2.21. The summed E-state index contributed by atoms with van der Waals surface area (Å²) >= 11 is 1.54. The number of nitrogens with zero attached hydrogens (tertiary/aromatic N) is 2. The fourth-order valence-corrected chi connectivity index (χ4v) is 2.81. The minimum atomic E-state index is -0.0519. The highest BCUT2D eigenvalue weighted by atomic mass is 32.1. The minimum Gasteiger partial charge on any atom is -0.504 e. The van der Waals surface area contributed by atoms with Crippen LogP contribution in [0.4, 0.5) is 0 Å². The number of aryl methyl sites for hydroxylation is 1. The lowest BCUT2D eigenvalue weighted by Crippen LogP contribution is -1.93. The molecule has 0 atom stereocenters. The molecule has 0 aliphatic rings. The third kappa shape index (κ3) is 2.29. The quantitative estimate of drug-likeness (QED) is 0.793. The molecule has 0 amide bonds. The number of thiazole rings is 1. The third-order valence-corrected chi connectivity index (χ3v) is 4.01. The van der Waals surface area contributed by atoms with Crippen molar-refractivity contribution >= 4 is 11.3 Å². The fourth-order valence-electron chi connectivity index (χ4n) is 2.20. The second-order valence-corrected chi connectivity index (χ2v) is 5.59. The molecule has 2 heterocycles. The predicted molar refractivity (Wildman–Crippen MR) is 82.6 cm³/mol. The molecule has 3 aromatic rings. The summed E-state index contributed by atoms with van der Waals surface area (Å²) in [6.45, 7) is 1.93. The Morgan fingerprint density at radius 1 is 1.18 bits per heavy atom. The molecule has 0 aliphatic heterocycles. The number of benzene rings is 1. The summed E-state index contributed by atoms with van der Waals surface area (Å²) < 4.78 is 15.5. The summed E-state index contributed by atoms with van der Waals surface area (Å²) in [7, 11) is 2.98. The second kappa shape index (κ2) is 5.69. The van der Waals surface area contributed by atoms with Crippen molar-refractivity contribution < 1.29 is 19.1 Å². The van der Waals surface area contributed by atoms with Gasteiger partial charge < -0.3 is 19.1 Å². The van der Waals surface area contributed by atoms with E-state index in [1.54, 1.807) is 12.1 Å². The number of phenols is 1. The lowest BCUT2D eigenvalue weighted by Gasteiger charge is -2.11. The zero-order valence-corrected chi connectivity index (χ0v) is 13.1. The predicted octanol–water partition coefficient (Wildman–Crippen LogP) is 3.50. The van der Waals surface area contributed by atoms with E-state index in [1.807, 2.05) is 12.3 Å². The Morgan fingerprint density at radius 3 is 2.64 bits per heavy atom. The number of methoxy groups -OCH3 is 2. The summed E-state index contributed by atoms with van der Waals surface area (Å²) in [5, 5.41) is 17.3. The Kier molecular flexibility index (Phi) is 3.72. The Labute approximate surface area is 130 Å². The lowest BCUT2D eigenvalue weighted by atomic mass is 10.0. The minimum absolute atomic E-state index is 0.0519. The Hall–Kier alpha value is -2.54. The molecule has 6 nitrogen and oxygen atoms in total. The van der Waals surface area contributed by atoms with E-state index >= 15 is 0 Å². The highest BCUT2D eigenvalue weighted by molar-refractivity contribution is 7.09. The van der Waals surface area contributed by atoms with Gasteiger partial charge in [0.15, 0.2) is 11.5 Å². The molecule has 0 bridgehead atoms. The SMILES string of the molecule is COc1ccc(-c2nocc2-c2csc(C)n2)c(O)c1OC. The van der Waals surface area contributed by atoms with Crippen LogP contribution in [0.2, 0.25) is 0 Å². The number of aromatic nitrogens is 2. The van der Waals surface area contributed by atoms with Gasteiger partial charge in [-0.3, -0.25) is 0 Å². The fraction of sp³-hybridized carbons (Fsp3) is 0.200. The molecule has 0 saturated carbocycles. The van der Waals surface area contributed by atoms with Crippen LogP contribution in [0.3, 0.4) is 0 Å². The van der Waals surface area contributed by atoms with Gasteiger partial charge >= 0.3 is 0 Å². The molecule has 0 spiro atoms. The van der Waals surface area contributed by atoms with E-state index in [1.165, 1.54) is 31.8 Å². The number of rotatable bonds is 4. The van der Waals surface area contributed by atoms with E-state index in [0.29, 0.717) is 22.6 Å². The average Bonchev–Trinajstić information content (AvgIpc) is 3.15. The summed E-state index contributed by atoms with van der Waals surface area (Å²) in [4.78, 5) is 4.43. The smallest absolute Gasteiger partial charge is 0.203 e. The van der Waals surface area contributed by atoms with Gasteiger partial charge in [0.25, 0.3) is 0 Å². The van der Waals surface area contributed by atoms with Gasteiger partial charge in [0, 0.05) is 5.38 Å². The topological polar surface area (TPSA) is 77.6 Å². The van der Waals surface area contributed by atoms with E-state index < -0.39 is 0 Å². The van der Waals surface area contributed by atoms with E-state index in [9.17, 15) is 5.11 Å². The molecule has 22 heavy (non-hydrogen) atoms. The number of hydrogen-bond donors (Lipinski definition) is 1. The van der Waals surface area contributed by atoms with E-state index in [0.717, 1.165) is 10.7 Å². The van der Waals surface area contributed by atoms with Crippen molar-refractivity contribution in [1.29, 1.82) is 0 Å². The van der Waals surface area contributed by atoms with Crippen molar-refractivity contribution in [3.8, 4) is 39.8 Å². The standard InChI is InChI=1S/C15H14N2O4S/c1-8-16-11(7-22-8)10-6-21-17-13(10)9-4-5-12(19-2)15(20-3)14(9)18/h4-7,18H,1-3H3. The monoisotopic (exact) mass is 318 g/mol. The molecule has 114 valence electrons. The third-order valence-electron chi connectivity index (χ3n) is 3.24. The van der Waals surface area contributed by atoms with Crippen molar-refractivity contribution in [2.24, 2.45) is 0 Å². The summed E-state index contributed by atoms with van der Waals surface area (Å²) in [6, 6.07) is 3.41. The first-order valence-corrected chi connectivity index (χ1v) is 7.34.